The summed E-state index contributed by atoms with van der Waals surface area (Å²) in [5, 5.41) is 3.96. The van der Waals surface area contributed by atoms with Crippen LogP contribution in [0.5, 0.6) is 0 Å². The van der Waals surface area contributed by atoms with Gasteiger partial charge in [-0.05, 0) is 30.5 Å². The van der Waals surface area contributed by atoms with Crippen LogP contribution in [0.4, 0.5) is 0 Å². The van der Waals surface area contributed by atoms with Crippen LogP contribution in [0.15, 0.2) is 33.7 Å². The van der Waals surface area contributed by atoms with Crippen molar-refractivity contribution in [1.82, 2.24) is 10.1 Å². The predicted octanol–water partition coefficient (Wildman–Crippen LogP) is 2.33. The normalized spacial score (nSPS) is 15.4. The van der Waals surface area contributed by atoms with Crippen LogP contribution in [-0.2, 0) is 16.3 Å². The van der Waals surface area contributed by atoms with Gasteiger partial charge in [-0.25, -0.2) is 8.42 Å². The van der Waals surface area contributed by atoms with Gasteiger partial charge in [-0.3, -0.25) is 0 Å². The molecule has 0 saturated heterocycles. The molecule has 1 heterocycles. The maximum absolute atomic E-state index is 11.9. The Morgan fingerprint density at radius 3 is 2.85 bits per heavy atom. The third-order valence-electron chi connectivity index (χ3n) is 3.42. The molecule has 20 heavy (non-hydrogen) atoms. The van der Waals surface area contributed by atoms with Gasteiger partial charge >= 0.3 is 0 Å². The van der Waals surface area contributed by atoms with Gasteiger partial charge in [-0.1, -0.05) is 24.2 Å². The highest BCUT2D eigenvalue weighted by Gasteiger charge is 2.28. The Balaban J connectivity index is 1.81. The summed E-state index contributed by atoms with van der Waals surface area (Å²) in [6.07, 6.45) is 2.72. The van der Waals surface area contributed by atoms with E-state index < -0.39 is 9.84 Å². The fourth-order valence-corrected chi connectivity index (χ4v) is 2.99. The molecule has 5 nitrogen and oxygen atoms in total. The van der Waals surface area contributed by atoms with Crippen LogP contribution in [0.25, 0.3) is 0 Å². The molecule has 0 aliphatic heterocycles. The molecule has 1 fully saturated rings. The first-order chi connectivity index (χ1) is 9.58. The number of hydrogen-bond donors (Lipinski definition) is 0. The van der Waals surface area contributed by atoms with Crippen molar-refractivity contribution in [3.8, 4) is 0 Å². The highest BCUT2D eigenvalue weighted by molar-refractivity contribution is 7.91. The standard InChI is InChI=1S/C14H16N2O3S/c1-2-20(17,18)12-5-3-4-10(8-12)9-13-15-14(16-19-13)11-6-7-11/h3-5,8,11H,2,6-7,9H2,1H3. The van der Waals surface area contributed by atoms with Crippen LogP contribution in [-0.4, -0.2) is 24.3 Å². The highest BCUT2D eigenvalue weighted by Crippen LogP contribution is 2.38. The lowest BCUT2D eigenvalue weighted by atomic mass is 10.1. The summed E-state index contributed by atoms with van der Waals surface area (Å²) in [6, 6.07) is 6.91. The van der Waals surface area contributed by atoms with Crippen LogP contribution < -0.4 is 0 Å². The van der Waals surface area contributed by atoms with Crippen molar-refractivity contribution < 1.29 is 12.9 Å². The lowest BCUT2D eigenvalue weighted by Gasteiger charge is -2.03. The molecular weight excluding hydrogens is 276 g/mol. The zero-order chi connectivity index (χ0) is 14.2. The second kappa shape index (κ2) is 5.01. The average Bonchev–Trinajstić information content (AvgIpc) is 3.20. The van der Waals surface area contributed by atoms with E-state index in [0.717, 1.165) is 24.2 Å². The fraction of sp³-hybridized carbons (Fsp3) is 0.429. The molecule has 6 heteroatoms. The molecule has 0 spiro atoms. The number of nitrogens with zero attached hydrogens (tertiary/aromatic N) is 2. The van der Waals surface area contributed by atoms with Gasteiger partial charge in [-0.2, -0.15) is 4.98 Å². The van der Waals surface area contributed by atoms with E-state index in [1.54, 1.807) is 25.1 Å². The molecular formula is C14H16N2O3S. The molecule has 0 N–H and O–H groups in total. The number of hydrogen-bond acceptors (Lipinski definition) is 5. The van der Waals surface area contributed by atoms with Crippen LogP contribution in [0.1, 0.15) is 43.0 Å². The third-order valence-corrected chi connectivity index (χ3v) is 5.15. The summed E-state index contributed by atoms with van der Waals surface area (Å²) < 4.78 is 28.9. The smallest absolute Gasteiger partial charge is 0.231 e. The second-order valence-electron chi connectivity index (χ2n) is 5.05. The Morgan fingerprint density at radius 2 is 2.15 bits per heavy atom. The monoisotopic (exact) mass is 292 g/mol. The van der Waals surface area contributed by atoms with Gasteiger partial charge in [0.15, 0.2) is 15.7 Å². The number of benzene rings is 1. The van der Waals surface area contributed by atoms with Crippen molar-refractivity contribution >= 4 is 9.84 Å². The van der Waals surface area contributed by atoms with Crippen LogP contribution in [0.2, 0.25) is 0 Å². The van der Waals surface area contributed by atoms with E-state index in [4.69, 9.17) is 4.52 Å². The van der Waals surface area contributed by atoms with Gasteiger partial charge < -0.3 is 4.52 Å². The molecule has 0 unspecified atom stereocenters. The van der Waals surface area contributed by atoms with Crippen LogP contribution in [0.3, 0.4) is 0 Å². The molecule has 1 aromatic heterocycles. The zero-order valence-corrected chi connectivity index (χ0v) is 12.1. The molecule has 1 aromatic carbocycles. The second-order valence-corrected chi connectivity index (χ2v) is 7.33. The molecule has 0 amide bonds. The first kappa shape index (κ1) is 13.3. The van der Waals surface area contributed by atoms with Gasteiger partial charge in [0, 0.05) is 5.92 Å². The third kappa shape index (κ3) is 2.75. The fourth-order valence-electron chi connectivity index (χ4n) is 2.04. The van der Waals surface area contributed by atoms with Gasteiger partial charge in [0.25, 0.3) is 0 Å². The molecule has 3 rings (SSSR count). The van der Waals surface area contributed by atoms with Crippen molar-refractivity contribution in [2.24, 2.45) is 0 Å². The summed E-state index contributed by atoms with van der Waals surface area (Å²) in [6.45, 7) is 1.64. The average molecular weight is 292 g/mol. The largest absolute Gasteiger partial charge is 0.339 e. The molecule has 106 valence electrons. The Kier molecular flexibility index (Phi) is 3.33. The van der Waals surface area contributed by atoms with Crippen LogP contribution >= 0.6 is 0 Å². The van der Waals surface area contributed by atoms with Gasteiger partial charge in [0.2, 0.25) is 5.89 Å². The Morgan fingerprint density at radius 1 is 1.35 bits per heavy atom. The summed E-state index contributed by atoms with van der Waals surface area (Å²) in [7, 11) is -3.18. The summed E-state index contributed by atoms with van der Waals surface area (Å²) in [5.74, 6) is 1.87. The minimum absolute atomic E-state index is 0.100. The SMILES string of the molecule is CCS(=O)(=O)c1cccc(Cc2nc(C3CC3)no2)c1. The molecule has 0 radical (unpaired) electrons. The maximum Gasteiger partial charge on any atom is 0.231 e. The van der Waals surface area contributed by atoms with E-state index in [9.17, 15) is 8.42 Å². The van der Waals surface area contributed by atoms with Crippen molar-refractivity contribution in [3.63, 3.8) is 0 Å². The minimum Gasteiger partial charge on any atom is -0.339 e. The summed E-state index contributed by atoms with van der Waals surface area (Å²) in [5.41, 5.74) is 0.866. The van der Waals surface area contributed by atoms with Crippen molar-refractivity contribution in [3.05, 3.63) is 41.5 Å². The van der Waals surface area contributed by atoms with Crippen molar-refractivity contribution in [2.45, 2.75) is 37.0 Å². The van der Waals surface area contributed by atoms with E-state index in [1.807, 2.05) is 6.07 Å². The highest BCUT2D eigenvalue weighted by atomic mass is 32.2. The first-order valence-electron chi connectivity index (χ1n) is 6.72. The zero-order valence-electron chi connectivity index (χ0n) is 11.2. The Hall–Kier alpha value is -1.69. The van der Waals surface area contributed by atoms with E-state index >= 15 is 0 Å². The summed E-state index contributed by atoms with van der Waals surface area (Å²) >= 11 is 0. The van der Waals surface area contributed by atoms with E-state index in [2.05, 4.69) is 10.1 Å². The number of aromatic nitrogens is 2. The predicted molar refractivity (Wildman–Crippen MR) is 73.2 cm³/mol. The van der Waals surface area contributed by atoms with Crippen molar-refractivity contribution in [2.75, 3.05) is 5.75 Å². The van der Waals surface area contributed by atoms with E-state index in [0.29, 0.717) is 23.1 Å². The van der Waals surface area contributed by atoms with Crippen molar-refractivity contribution in [1.29, 1.82) is 0 Å². The molecule has 1 aliphatic carbocycles. The first-order valence-corrected chi connectivity index (χ1v) is 8.38. The number of rotatable bonds is 5. The van der Waals surface area contributed by atoms with E-state index in [1.165, 1.54) is 0 Å². The van der Waals surface area contributed by atoms with E-state index in [-0.39, 0.29) is 5.75 Å². The van der Waals surface area contributed by atoms with Gasteiger partial charge in [-0.15, -0.1) is 0 Å². The summed E-state index contributed by atoms with van der Waals surface area (Å²) in [4.78, 5) is 4.70. The lowest BCUT2D eigenvalue weighted by molar-refractivity contribution is 0.379. The minimum atomic E-state index is -3.18. The molecule has 2 aromatic rings. The number of sulfone groups is 1. The van der Waals surface area contributed by atoms with Gasteiger partial charge in [0.05, 0.1) is 17.1 Å². The topological polar surface area (TPSA) is 73.1 Å². The quantitative estimate of drug-likeness (QED) is 0.845. The molecule has 0 atom stereocenters. The Labute approximate surface area is 117 Å². The molecule has 1 aliphatic rings. The van der Waals surface area contributed by atoms with Crippen LogP contribution in [0, 0.1) is 0 Å². The van der Waals surface area contributed by atoms with Gasteiger partial charge in [0.1, 0.15) is 0 Å². The molecule has 0 bridgehead atoms. The maximum atomic E-state index is 11.9. The lowest BCUT2D eigenvalue weighted by Crippen LogP contribution is -2.04. The molecule has 1 saturated carbocycles. The Bertz CT molecular complexity index is 718.